The number of anilines is 1. The van der Waals surface area contributed by atoms with Crippen LogP contribution < -0.4 is 4.90 Å². The first-order valence-electron chi connectivity index (χ1n) is 7.55. The van der Waals surface area contributed by atoms with Crippen molar-refractivity contribution in [2.45, 2.75) is 12.4 Å². The summed E-state index contributed by atoms with van der Waals surface area (Å²) in [5.74, 6) is 0. The number of benzene rings is 1. The van der Waals surface area contributed by atoms with Crippen LogP contribution in [0.25, 0.3) is 0 Å². The van der Waals surface area contributed by atoms with Gasteiger partial charge in [-0.25, -0.2) is 0 Å². The van der Waals surface area contributed by atoms with E-state index in [2.05, 4.69) is 11.0 Å². The maximum absolute atomic E-state index is 9.57. The van der Waals surface area contributed by atoms with Gasteiger partial charge in [-0.3, -0.25) is 0 Å². The first kappa shape index (κ1) is 16.5. The van der Waals surface area contributed by atoms with Crippen LogP contribution >= 0.6 is 11.6 Å². The van der Waals surface area contributed by atoms with Gasteiger partial charge in [-0.05, 0) is 6.07 Å². The minimum absolute atomic E-state index is 0.0137. The normalized spacial score (nSPS) is 22.3. The molecule has 0 bridgehead atoms. The zero-order valence-electron chi connectivity index (χ0n) is 13.0. The molecule has 1 aromatic carbocycles. The Morgan fingerprint density at radius 1 is 1.30 bits per heavy atom. The lowest BCUT2D eigenvalue weighted by Gasteiger charge is -2.35. The number of nitrogens with zero attached hydrogens (tertiary/aromatic N) is 2. The molecule has 3 rings (SSSR count). The van der Waals surface area contributed by atoms with E-state index in [1.165, 1.54) is 0 Å². The molecule has 2 fully saturated rings. The molecule has 6 nitrogen and oxygen atoms in total. The summed E-state index contributed by atoms with van der Waals surface area (Å²) in [5, 5.41) is 9.96. The highest BCUT2D eigenvalue weighted by molar-refractivity contribution is 6.33. The van der Waals surface area contributed by atoms with Crippen molar-refractivity contribution in [3.05, 3.63) is 28.3 Å². The SMILES string of the molecule is COC[C@H]1CN(c2ccc(C3OCCO3)c(Cl)c2C#N)CCO1. The van der Waals surface area contributed by atoms with Gasteiger partial charge >= 0.3 is 0 Å². The molecule has 124 valence electrons. The van der Waals surface area contributed by atoms with Crippen LogP contribution in [0.4, 0.5) is 5.69 Å². The van der Waals surface area contributed by atoms with Crippen LogP contribution in [-0.2, 0) is 18.9 Å². The summed E-state index contributed by atoms with van der Waals surface area (Å²) in [6.07, 6.45) is -0.505. The Hall–Kier alpha value is -1.36. The van der Waals surface area contributed by atoms with Crippen LogP contribution in [0.15, 0.2) is 12.1 Å². The van der Waals surface area contributed by atoms with Crippen molar-refractivity contribution in [2.24, 2.45) is 0 Å². The molecule has 0 unspecified atom stereocenters. The summed E-state index contributed by atoms with van der Waals surface area (Å²) in [4.78, 5) is 2.11. The third kappa shape index (κ3) is 3.44. The molecule has 0 N–H and O–H groups in total. The fraction of sp³-hybridized carbons (Fsp3) is 0.562. The van der Waals surface area contributed by atoms with Crippen LogP contribution in [0.5, 0.6) is 0 Å². The monoisotopic (exact) mass is 338 g/mol. The van der Waals surface area contributed by atoms with Crippen LogP contribution in [0.1, 0.15) is 17.4 Å². The van der Waals surface area contributed by atoms with Gasteiger partial charge in [-0.1, -0.05) is 17.7 Å². The Morgan fingerprint density at radius 2 is 2.09 bits per heavy atom. The van der Waals surface area contributed by atoms with Crippen molar-refractivity contribution in [3.63, 3.8) is 0 Å². The van der Waals surface area contributed by atoms with Gasteiger partial charge in [0.1, 0.15) is 6.07 Å². The zero-order valence-corrected chi connectivity index (χ0v) is 13.7. The molecule has 0 aliphatic carbocycles. The number of hydrogen-bond acceptors (Lipinski definition) is 6. The first-order chi connectivity index (χ1) is 11.2. The summed E-state index contributed by atoms with van der Waals surface area (Å²) in [7, 11) is 1.65. The van der Waals surface area contributed by atoms with Gasteiger partial charge in [0.25, 0.3) is 0 Å². The first-order valence-corrected chi connectivity index (χ1v) is 7.93. The molecule has 0 saturated carbocycles. The smallest absolute Gasteiger partial charge is 0.185 e. The van der Waals surface area contributed by atoms with E-state index in [0.717, 1.165) is 5.69 Å². The van der Waals surface area contributed by atoms with Crippen molar-refractivity contribution in [1.82, 2.24) is 0 Å². The molecule has 23 heavy (non-hydrogen) atoms. The number of hydrogen-bond donors (Lipinski definition) is 0. The molecular formula is C16H19ClN2O4. The van der Waals surface area contributed by atoms with E-state index in [4.69, 9.17) is 30.5 Å². The molecule has 0 spiro atoms. The number of morpholine rings is 1. The van der Waals surface area contributed by atoms with Gasteiger partial charge in [0.2, 0.25) is 0 Å². The number of ether oxygens (including phenoxy) is 4. The van der Waals surface area contributed by atoms with E-state index in [1.54, 1.807) is 7.11 Å². The van der Waals surface area contributed by atoms with Gasteiger partial charge in [-0.2, -0.15) is 5.26 Å². The molecule has 1 aromatic rings. The van der Waals surface area contributed by atoms with Crippen molar-refractivity contribution >= 4 is 17.3 Å². The summed E-state index contributed by atoms with van der Waals surface area (Å²) in [6, 6.07) is 5.99. The van der Waals surface area contributed by atoms with Gasteiger partial charge < -0.3 is 23.8 Å². The van der Waals surface area contributed by atoms with Gasteiger partial charge in [0, 0.05) is 25.8 Å². The summed E-state index contributed by atoms with van der Waals surface area (Å²) < 4.78 is 21.8. The summed E-state index contributed by atoms with van der Waals surface area (Å²) >= 11 is 6.45. The average molecular weight is 339 g/mol. The minimum Gasteiger partial charge on any atom is -0.382 e. The molecule has 0 aromatic heterocycles. The van der Waals surface area contributed by atoms with Crippen LogP contribution in [0.2, 0.25) is 5.02 Å². The number of methoxy groups -OCH3 is 1. The molecule has 1 atom stereocenters. The lowest BCUT2D eigenvalue weighted by Crippen LogP contribution is -2.44. The Bertz CT molecular complexity index is 596. The van der Waals surface area contributed by atoms with Crippen LogP contribution in [-0.4, -0.2) is 52.7 Å². The third-order valence-electron chi connectivity index (χ3n) is 3.97. The average Bonchev–Trinajstić information content (AvgIpc) is 3.09. The minimum atomic E-state index is -0.491. The molecule has 2 aliphatic heterocycles. The molecule has 2 heterocycles. The lowest BCUT2D eigenvalue weighted by atomic mass is 10.1. The van der Waals surface area contributed by atoms with E-state index < -0.39 is 6.29 Å². The number of rotatable bonds is 4. The predicted molar refractivity (Wildman–Crippen MR) is 84.6 cm³/mol. The Morgan fingerprint density at radius 3 is 2.78 bits per heavy atom. The highest BCUT2D eigenvalue weighted by atomic mass is 35.5. The molecule has 7 heteroatoms. The van der Waals surface area contributed by atoms with Crippen molar-refractivity contribution < 1.29 is 18.9 Å². The fourth-order valence-electron chi connectivity index (χ4n) is 2.90. The lowest BCUT2D eigenvalue weighted by molar-refractivity contribution is -0.0440. The number of nitriles is 1. The third-order valence-corrected chi connectivity index (χ3v) is 4.38. The summed E-state index contributed by atoms with van der Waals surface area (Å²) in [6.45, 7) is 3.55. The Kier molecular flexibility index (Phi) is 5.36. The van der Waals surface area contributed by atoms with Crippen LogP contribution in [0.3, 0.4) is 0 Å². The second-order valence-corrected chi connectivity index (χ2v) is 5.82. The molecule has 0 amide bonds. The second-order valence-electron chi connectivity index (χ2n) is 5.44. The Labute approximate surface area is 140 Å². The van der Waals surface area contributed by atoms with Crippen molar-refractivity contribution in [1.29, 1.82) is 5.26 Å². The largest absolute Gasteiger partial charge is 0.382 e. The van der Waals surface area contributed by atoms with Gasteiger partial charge in [0.15, 0.2) is 6.29 Å². The van der Waals surface area contributed by atoms with Gasteiger partial charge in [0.05, 0.1) is 48.8 Å². The number of halogens is 1. The molecule has 0 radical (unpaired) electrons. The second kappa shape index (κ2) is 7.47. The highest BCUT2D eigenvalue weighted by Gasteiger charge is 2.27. The van der Waals surface area contributed by atoms with E-state index in [-0.39, 0.29) is 6.10 Å². The fourth-order valence-corrected chi connectivity index (χ4v) is 3.19. The molecular weight excluding hydrogens is 320 g/mol. The van der Waals surface area contributed by atoms with E-state index in [1.807, 2.05) is 12.1 Å². The molecule has 2 aliphatic rings. The van der Waals surface area contributed by atoms with E-state index >= 15 is 0 Å². The topological polar surface area (TPSA) is 64.0 Å². The molecule has 2 saturated heterocycles. The standard InChI is InChI=1S/C16H19ClN2O4/c1-20-10-11-9-19(4-5-21-11)14-3-2-12(15(17)13(14)8-18)16-22-6-7-23-16/h2-3,11,16H,4-7,9-10H2,1H3/t11-/m1/s1. The zero-order chi connectivity index (χ0) is 16.2. The highest BCUT2D eigenvalue weighted by Crippen LogP contribution is 2.36. The van der Waals surface area contributed by atoms with E-state index in [0.29, 0.717) is 55.7 Å². The van der Waals surface area contributed by atoms with Crippen molar-refractivity contribution in [2.75, 3.05) is 51.5 Å². The predicted octanol–water partition coefficient (Wildman–Crippen LogP) is 2.11. The Balaban J connectivity index is 1.87. The maximum atomic E-state index is 9.57. The van der Waals surface area contributed by atoms with Crippen molar-refractivity contribution in [3.8, 4) is 6.07 Å². The summed E-state index contributed by atoms with van der Waals surface area (Å²) in [5.41, 5.74) is 1.95. The maximum Gasteiger partial charge on any atom is 0.185 e. The van der Waals surface area contributed by atoms with Crippen LogP contribution in [0, 0.1) is 11.3 Å². The van der Waals surface area contributed by atoms with Gasteiger partial charge in [-0.15, -0.1) is 0 Å². The van der Waals surface area contributed by atoms with E-state index in [9.17, 15) is 5.26 Å². The quantitative estimate of drug-likeness (QED) is 0.837.